The van der Waals surface area contributed by atoms with Gasteiger partial charge in [-0.2, -0.15) is 13.2 Å². The number of nitrogens with two attached hydrogens (primary N) is 2. The van der Waals surface area contributed by atoms with Gasteiger partial charge in [0.2, 0.25) is 11.8 Å². The van der Waals surface area contributed by atoms with Crippen LogP contribution in [0.15, 0.2) is 18.3 Å². The van der Waals surface area contributed by atoms with Crippen molar-refractivity contribution >= 4 is 17.6 Å². The highest BCUT2D eigenvalue weighted by Gasteiger charge is 2.39. The molecule has 2 amide bonds. The van der Waals surface area contributed by atoms with E-state index in [4.69, 9.17) is 11.5 Å². The molecule has 2 unspecified atom stereocenters. The van der Waals surface area contributed by atoms with Crippen molar-refractivity contribution in [3.05, 3.63) is 23.9 Å². The van der Waals surface area contributed by atoms with Gasteiger partial charge < -0.3 is 16.4 Å². The quantitative estimate of drug-likeness (QED) is 0.836. The van der Waals surface area contributed by atoms with Crippen molar-refractivity contribution in [3.8, 4) is 0 Å². The van der Waals surface area contributed by atoms with Crippen LogP contribution < -0.4 is 16.4 Å². The van der Waals surface area contributed by atoms with Crippen molar-refractivity contribution in [2.75, 3.05) is 11.4 Å². The summed E-state index contributed by atoms with van der Waals surface area (Å²) in [6.07, 6.45) is -3.69. The number of rotatable bonds is 3. The molecule has 2 heterocycles. The zero-order valence-electron chi connectivity index (χ0n) is 10.8. The summed E-state index contributed by atoms with van der Waals surface area (Å²) in [7, 11) is 0. The summed E-state index contributed by atoms with van der Waals surface area (Å²) in [5.74, 6) is -1.71. The topological polar surface area (TPSA) is 102 Å². The summed E-state index contributed by atoms with van der Waals surface area (Å²) in [6, 6.07) is 1.19. The second kappa shape index (κ2) is 5.23. The summed E-state index contributed by atoms with van der Waals surface area (Å²) in [4.78, 5) is 27.7. The molecule has 1 aromatic rings. The highest BCUT2D eigenvalue weighted by Crippen LogP contribution is 2.32. The van der Waals surface area contributed by atoms with Gasteiger partial charge in [-0.1, -0.05) is 0 Å². The first-order valence-electron chi connectivity index (χ1n) is 6.08. The van der Waals surface area contributed by atoms with E-state index in [1.54, 1.807) is 0 Å². The van der Waals surface area contributed by atoms with Gasteiger partial charge in [0.15, 0.2) is 0 Å². The van der Waals surface area contributed by atoms with Gasteiger partial charge >= 0.3 is 6.18 Å². The lowest BCUT2D eigenvalue weighted by Crippen LogP contribution is -2.40. The third kappa shape index (κ3) is 3.06. The van der Waals surface area contributed by atoms with Gasteiger partial charge in [-0.15, -0.1) is 0 Å². The Bertz CT molecular complexity index is 559. The molecule has 0 bridgehead atoms. The number of halogens is 3. The Balaban J connectivity index is 2.27. The maximum Gasteiger partial charge on any atom is 0.417 e. The number of primary amides is 2. The van der Waals surface area contributed by atoms with E-state index in [9.17, 15) is 22.8 Å². The van der Waals surface area contributed by atoms with Crippen LogP contribution in [0.2, 0.25) is 0 Å². The minimum absolute atomic E-state index is 0.0985. The van der Waals surface area contributed by atoms with Crippen LogP contribution in [0.5, 0.6) is 0 Å². The highest BCUT2D eigenvalue weighted by atomic mass is 19.4. The Labute approximate surface area is 117 Å². The molecule has 1 fully saturated rings. The average molecular weight is 302 g/mol. The molecule has 1 saturated heterocycles. The van der Waals surface area contributed by atoms with E-state index >= 15 is 0 Å². The number of alkyl halides is 3. The van der Waals surface area contributed by atoms with Gasteiger partial charge in [-0.05, 0) is 18.6 Å². The number of hydrogen-bond donors (Lipinski definition) is 2. The second-order valence-electron chi connectivity index (χ2n) is 4.81. The summed E-state index contributed by atoms with van der Waals surface area (Å²) >= 11 is 0. The predicted molar refractivity (Wildman–Crippen MR) is 66.9 cm³/mol. The molecule has 0 radical (unpaired) electrons. The normalized spacial score (nSPS) is 22.3. The van der Waals surface area contributed by atoms with Gasteiger partial charge in [-0.3, -0.25) is 9.59 Å². The van der Waals surface area contributed by atoms with Crippen LogP contribution in [0.4, 0.5) is 19.0 Å². The summed E-state index contributed by atoms with van der Waals surface area (Å²) in [5, 5.41) is 0. The fourth-order valence-electron chi connectivity index (χ4n) is 2.29. The Hall–Kier alpha value is -2.32. The fraction of sp³-hybridized carbons (Fsp3) is 0.417. The molecule has 2 atom stereocenters. The summed E-state index contributed by atoms with van der Waals surface area (Å²) in [6.45, 7) is 0.0985. The first kappa shape index (κ1) is 15.1. The van der Waals surface area contributed by atoms with E-state index in [0.717, 1.165) is 12.1 Å². The maximum atomic E-state index is 12.5. The van der Waals surface area contributed by atoms with Crippen LogP contribution in [0, 0.1) is 5.92 Å². The van der Waals surface area contributed by atoms with Crippen LogP contribution in [-0.4, -0.2) is 29.4 Å². The molecule has 2 rings (SSSR count). The van der Waals surface area contributed by atoms with Crippen molar-refractivity contribution in [2.45, 2.75) is 18.6 Å². The molecule has 1 aliphatic heterocycles. The molecular formula is C12H13F3N4O2. The molecule has 0 aliphatic carbocycles. The number of nitrogens with zero attached hydrogens (tertiary/aromatic N) is 2. The maximum absolute atomic E-state index is 12.5. The lowest BCUT2D eigenvalue weighted by atomic mass is 10.1. The van der Waals surface area contributed by atoms with Gasteiger partial charge in [-0.25, -0.2) is 4.98 Å². The van der Waals surface area contributed by atoms with Gasteiger partial charge in [0.25, 0.3) is 0 Å². The molecule has 4 N–H and O–H groups in total. The van der Waals surface area contributed by atoms with Crippen molar-refractivity contribution in [2.24, 2.45) is 17.4 Å². The summed E-state index contributed by atoms with van der Waals surface area (Å²) < 4.78 is 37.4. The largest absolute Gasteiger partial charge is 0.417 e. The molecule has 1 aromatic heterocycles. The van der Waals surface area contributed by atoms with Crippen molar-refractivity contribution in [1.29, 1.82) is 0 Å². The third-order valence-corrected chi connectivity index (χ3v) is 3.40. The Kier molecular flexibility index (Phi) is 3.75. The first-order chi connectivity index (χ1) is 9.70. The standard InChI is InChI=1S/C12H13F3N4O2/c13-12(14,15)7-1-2-9(18-4-7)19-5-6(10(16)20)3-8(19)11(17)21/h1-2,4,6,8H,3,5H2,(H2,16,20)(H2,17,21). The number of hydrogen-bond acceptors (Lipinski definition) is 4. The van der Waals surface area contributed by atoms with E-state index in [2.05, 4.69) is 4.98 Å². The Morgan fingerprint density at radius 1 is 1.24 bits per heavy atom. The van der Waals surface area contributed by atoms with Gasteiger partial charge in [0, 0.05) is 12.7 Å². The monoisotopic (exact) mass is 302 g/mol. The smallest absolute Gasteiger partial charge is 0.369 e. The van der Waals surface area contributed by atoms with E-state index in [-0.39, 0.29) is 18.8 Å². The lowest BCUT2D eigenvalue weighted by molar-refractivity contribution is -0.137. The highest BCUT2D eigenvalue weighted by molar-refractivity contribution is 5.87. The number of anilines is 1. The molecule has 21 heavy (non-hydrogen) atoms. The van der Waals surface area contributed by atoms with Crippen LogP contribution in [0.25, 0.3) is 0 Å². The number of carbonyl (C=O) groups is 2. The minimum Gasteiger partial charge on any atom is -0.369 e. The second-order valence-corrected chi connectivity index (χ2v) is 4.81. The van der Waals surface area contributed by atoms with Gasteiger partial charge in [0.1, 0.15) is 11.9 Å². The van der Waals surface area contributed by atoms with Crippen molar-refractivity contribution in [3.63, 3.8) is 0 Å². The van der Waals surface area contributed by atoms with E-state index < -0.39 is 35.5 Å². The van der Waals surface area contributed by atoms with E-state index in [1.165, 1.54) is 4.90 Å². The molecule has 6 nitrogen and oxygen atoms in total. The lowest BCUT2D eigenvalue weighted by Gasteiger charge is -2.23. The van der Waals surface area contributed by atoms with Crippen molar-refractivity contribution < 1.29 is 22.8 Å². The molecule has 9 heteroatoms. The van der Waals surface area contributed by atoms with Crippen LogP contribution in [-0.2, 0) is 15.8 Å². The minimum atomic E-state index is -4.49. The summed E-state index contributed by atoms with van der Waals surface area (Å²) in [5.41, 5.74) is 9.55. The number of carbonyl (C=O) groups excluding carboxylic acids is 2. The Morgan fingerprint density at radius 3 is 2.33 bits per heavy atom. The van der Waals surface area contributed by atoms with Crippen LogP contribution in [0.1, 0.15) is 12.0 Å². The number of aromatic nitrogens is 1. The molecular weight excluding hydrogens is 289 g/mol. The third-order valence-electron chi connectivity index (χ3n) is 3.40. The zero-order chi connectivity index (χ0) is 15.8. The van der Waals surface area contributed by atoms with E-state index in [1.807, 2.05) is 0 Å². The number of pyridine rings is 1. The number of amides is 2. The van der Waals surface area contributed by atoms with Crippen LogP contribution in [0.3, 0.4) is 0 Å². The average Bonchev–Trinajstić information content (AvgIpc) is 2.83. The van der Waals surface area contributed by atoms with Gasteiger partial charge in [0.05, 0.1) is 11.5 Å². The molecule has 0 aromatic carbocycles. The van der Waals surface area contributed by atoms with Crippen molar-refractivity contribution in [1.82, 2.24) is 4.98 Å². The molecule has 0 saturated carbocycles. The zero-order valence-corrected chi connectivity index (χ0v) is 10.8. The SMILES string of the molecule is NC(=O)C1CC(C(N)=O)N(c2ccc(C(F)(F)F)cn2)C1. The molecule has 1 aliphatic rings. The molecule has 114 valence electrons. The first-order valence-corrected chi connectivity index (χ1v) is 6.08. The van der Waals surface area contributed by atoms with E-state index in [0.29, 0.717) is 6.20 Å². The fourth-order valence-corrected chi connectivity index (χ4v) is 2.29. The Morgan fingerprint density at radius 2 is 1.90 bits per heavy atom. The molecule has 0 spiro atoms. The van der Waals surface area contributed by atoms with Crippen LogP contribution >= 0.6 is 0 Å². The predicted octanol–water partition coefficient (Wildman–Crippen LogP) is 0.266.